The predicted octanol–water partition coefficient (Wildman–Crippen LogP) is 2.60. The number of hydrogen-bond donors (Lipinski definition) is 2. The molecule has 3 rings (SSSR count). The molecule has 1 aliphatic heterocycles. The topological polar surface area (TPSA) is 83.6 Å². The zero-order valence-electron chi connectivity index (χ0n) is 16.5. The molecule has 3 amide bonds. The van der Waals surface area contributed by atoms with E-state index in [0.717, 1.165) is 18.4 Å². The molecule has 0 aromatic carbocycles. The molecule has 7 heteroatoms. The Labute approximate surface area is 160 Å². The second kappa shape index (κ2) is 8.15. The fourth-order valence-corrected chi connectivity index (χ4v) is 3.69. The highest BCUT2D eigenvalue weighted by Crippen LogP contribution is 2.25. The summed E-state index contributed by atoms with van der Waals surface area (Å²) in [7, 11) is 0. The maximum atomic E-state index is 12.3. The van der Waals surface area contributed by atoms with Gasteiger partial charge < -0.3 is 20.3 Å². The smallest absolute Gasteiger partial charge is 0.315 e. The summed E-state index contributed by atoms with van der Waals surface area (Å²) in [5.74, 6) is 0.673. The van der Waals surface area contributed by atoms with Crippen molar-refractivity contribution in [2.75, 3.05) is 6.54 Å². The Morgan fingerprint density at radius 2 is 2.07 bits per heavy atom. The molecule has 0 radical (unpaired) electrons. The van der Waals surface area contributed by atoms with E-state index in [4.69, 9.17) is 4.74 Å². The molecular weight excluding hydrogens is 344 g/mol. The Hall–Kier alpha value is -2.31. The molecular formula is C20H30N4O3. The molecule has 148 valence electrons. The molecule has 1 saturated heterocycles. The van der Waals surface area contributed by atoms with Gasteiger partial charge in [-0.15, -0.1) is 0 Å². The van der Waals surface area contributed by atoms with Crippen LogP contribution in [0.2, 0.25) is 0 Å². The highest BCUT2D eigenvalue weighted by atomic mass is 16.5. The number of hydrogen-bond acceptors (Lipinski definition) is 4. The molecule has 1 aliphatic carbocycles. The average Bonchev–Trinajstić information content (AvgIpc) is 3.23. The predicted molar refractivity (Wildman–Crippen MR) is 102 cm³/mol. The quantitative estimate of drug-likeness (QED) is 0.830. The van der Waals surface area contributed by atoms with Crippen molar-refractivity contribution in [3.63, 3.8) is 0 Å². The maximum absolute atomic E-state index is 12.3. The molecule has 27 heavy (non-hydrogen) atoms. The minimum atomic E-state index is -0.278. The van der Waals surface area contributed by atoms with E-state index in [1.165, 1.54) is 12.8 Å². The summed E-state index contributed by atoms with van der Waals surface area (Å²) in [5, 5.41) is 5.76. The summed E-state index contributed by atoms with van der Waals surface area (Å²) in [6.07, 6.45) is 6.78. The van der Waals surface area contributed by atoms with Crippen LogP contribution in [0.5, 0.6) is 5.88 Å². The van der Waals surface area contributed by atoms with Gasteiger partial charge in [-0.2, -0.15) is 0 Å². The SMILES string of the molecule is CC(C)(C)N1CC(NC(=O)NCc2cccnc2OC2CCCC2)CC1=O. The van der Waals surface area contributed by atoms with E-state index < -0.39 is 0 Å². The van der Waals surface area contributed by atoms with Gasteiger partial charge in [0, 0.05) is 36.8 Å². The summed E-state index contributed by atoms with van der Waals surface area (Å²) in [5.41, 5.74) is 0.630. The number of carbonyl (C=O) groups is 2. The summed E-state index contributed by atoms with van der Waals surface area (Å²) < 4.78 is 6.00. The van der Waals surface area contributed by atoms with E-state index in [0.29, 0.717) is 25.4 Å². The minimum absolute atomic E-state index is 0.0762. The molecule has 2 fully saturated rings. The first kappa shape index (κ1) is 19.5. The molecule has 1 atom stereocenters. The van der Waals surface area contributed by atoms with Crippen LogP contribution in [0.15, 0.2) is 18.3 Å². The summed E-state index contributed by atoms with van der Waals surface area (Å²) >= 11 is 0. The molecule has 2 N–H and O–H groups in total. The van der Waals surface area contributed by atoms with Crippen molar-refractivity contribution >= 4 is 11.9 Å². The van der Waals surface area contributed by atoms with Crippen LogP contribution in [0.4, 0.5) is 4.79 Å². The monoisotopic (exact) mass is 374 g/mol. The number of carbonyl (C=O) groups excluding carboxylic acids is 2. The third-order valence-electron chi connectivity index (χ3n) is 5.14. The van der Waals surface area contributed by atoms with E-state index in [2.05, 4.69) is 15.6 Å². The van der Waals surface area contributed by atoms with Gasteiger partial charge >= 0.3 is 6.03 Å². The van der Waals surface area contributed by atoms with E-state index in [-0.39, 0.29) is 29.6 Å². The van der Waals surface area contributed by atoms with Crippen molar-refractivity contribution in [2.24, 2.45) is 0 Å². The van der Waals surface area contributed by atoms with Gasteiger partial charge in [-0.1, -0.05) is 6.07 Å². The second-order valence-electron chi connectivity index (χ2n) is 8.40. The third kappa shape index (κ3) is 5.11. The van der Waals surface area contributed by atoms with Gasteiger partial charge in [0.2, 0.25) is 11.8 Å². The number of amides is 3. The van der Waals surface area contributed by atoms with Gasteiger partial charge in [-0.3, -0.25) is 4.79 Å². The van der Waals surface area contributed by atoms with Crippen LogP contribution in [0, 0.1) is 0 Å². The van der Waals surface area contributed by atoms with Crippen molar-refractivity contribution in [1.82, 2.24) is 20.5 Å². The Balaban J connectivity index is 1.50. The number of ether oxygens (including phenoxy) is 1. The van der Waals surface area contributed by atoms with Gasteiger partial charge in [-0.05, 0) is 52.5 Å². The lowest BCUT2D eigenvalue weighted by Crippen LogP contribution is -2.46. The molecule has 1 saturated carbocycles. The number of rotatable bonds is 5. The van der Waals surface area contributed by atoms with E-state index in [1.807, 2.05) is 37.8 Å². The number of pyridine rings is 1. The lowest BCUT2D eigenvalue weighted by atomic mass is 10.1. The highest BCUT2D eigenvalue weighted by molar-refractivity contribution is 5.82. The zero-order valence-corrected chi connectivity index (χ0v) is 16.5. The molecule has 1 aromatic rings. The first-order valence-electron chi connectivity index (χ1n) is 9.78. The van der Waals surface area contributed by atoms with Crippen LogP contribution in [-0.4, -0.2) is 46.1 Å². The Bertz CT molecular complexity index is 680. The number of aromatic nitrogens is 1. The molecule has 1 unspecified atom stereocenters. The number of urea groups is 1. The summed E-state index contributed by atoms with van der Waals surface area (Å²) in [6.45, 7) is 6.88. The number of nitrogens with zero attached hydrogens (tertiary/aromatic N) is 2. The fraction of sp³-hybridized carbons (Fsp3) is 0.650. The number of nitrogens with one attached hydrogen (secondary N) is 2. The number of likely N-dealkylation sites (tertiary alicyclic amines) is 1. The lowest BCUT2D eigenvalue weighted by Gasteiger charge is -2.32. The van der Waals surface area contributed by atoms with Crippen LogP contribution in [0.3, 0.4) is 0 Å². The zero-order chi connectivity index (χ0) is 19.4. The van der Waals surface area contributed by atoms with Crippen LogP contribution in [0.25, 0.3) is 0 Å². The Kier molecular flexibility index (Phi) is 5.87. The van der Waals surface area contributed by atoms with Crippen molar-refractivity contribution in [2.45, 2.75) is 77.1 Å². The largest absolute Gasteiger partial charge is 0.474 e. The van der Waals surface area contributed by atoms with Gasteiger partial charge in [0.15, 0.2) is 0 Å². The minimum Gasteiger partial charge on any atom is -0.474 e. The van der Waals surface area contributed by atoms with Crippen LogP contribution in [0.1, 0.15) is 58.4 Å². The van der Waals surface area contributed by atoms with Gasteiger partial charge in [0.1, 0.15) is 6.10 Å². The van der Waals surface area contributed by atoms with Crippen molar-refractivity contribution in [3.05, 3.63) is 23.9 Å². The molecule has 7 nitrogen and oxygen atoms in total. The Morgan fingerprint density at radius 3 is 2.74 bits per heavy atom. The van der Waals surface area contributed by atoms with Crippen molar-refractivity contribution in [3.8, 4) is 5.88 Å². The van der Waals surface area contributed by atoms with Crippen LogP contribution in [-0.2, 0) is 11.3 Å². The van der Waals surface area contributed by atoms with Gasteiger partial charge in [0.05, 0.1) is 6.04 Å². The van der Waals surface area contributed by atoms with Crippen LogP contribution >= 0.6 is 0 Å². The molecule has 0 bridgehead atoms. The fourth-order valence-electron chi connectivity index (χ4n) is 3.69. The summed E-state index contributed by atoms with van der Waals surface area (Å²) in [6, 6.07) is 3.31. The van der Waals surface area contributed by atoms with Gasteiger partial charge in [-0.25, -0.2) is 9.78 Å². The molecule has 1 aromatic heterocycles. The Morgan fingerprint density at radius 1 is 1.33 bits per heavy atom. The maximum Gasteiger partial charge on any atom is 0.315 e. The third-order valence-corrected chi connectivity index (χ3v) is 5.14. The second-order valence-corrected chi connectivity index (χ2v) is 8.40. The van der Waals surface area contributed by atoms with E-state index in [1.54, 1.807) is 6.20 Å². The first-order chi connectivity index (χ1) is 12.8. The normalized spacial score (nSPS) is 20.8. The van der Waals surface area contributed by atoms with E-state index >= 15 is 0 Å². The highest BCUT2D eigenvalue weighted by Gasteiger charge is 2.36. The lowest BCUT2D eigenvalue weighted by molar-refractivity contribution is -0.131. The van der Waals surface area contributed by atoms with Crippen molar-refractivity contribution < 1.29 is 14.3 Å². The molecule has 2 heterocycles. The van der Waals surface area contributed by atoms with E-state index in [9.17, 15) is 9.59 Å². The molecule has 2 aliphatic rings. The van der Waals surface area contributed by atoms with Crippen molar-refractivity contribution in [1.29, 1.82) is 0 Å². The van der Waals surface area contributed by atoms with Crippen LogP contribution < -0.4 is 15.4 Å². The molecule has 0 spiro atoms. The van der Waals surface area contributed by atoms with Gasteiger partial charge in [0.25, 0.3) is 0 Å². The average molecular weight is 374 g/mol. The standard InChI is InChI=1S/C20H30N4O3/c1-20(2,3)24-13-15(11-17(24)25)23-19(26)22-12-14-7-6-10-21-18(14)27-16-8-4-5-9-16/h6-7,10,15-16H,4-5,8-9,11-13H2,1-3H3,(H2,22,23,26). The summed E-state index contributed by atoms with van der Waals surface area (Å²) in [4.78, 5) is 30.5. The first-order valence-corrected chi connectivity index (χ1v) is 9.78.